The first kappa shape index (κ1) is 20.2. The zero-order valence-corrected chi connectivity index (χ0v) is 17.8. The number of benzene rings is 3. The molecule has 0 aromatic heterocycles. The summed E-state index contributed by atoms with van der Waals surface area (Å²) in [6, 6.07) is 29.1. The van der Waals surface area contributed by atoms with Crippen LogP contribution in [0.4, 0.5) is 5.69 Å². The molecule has 3 heteroatoms. The third-order valence-electron chi connectivity index (χ3n) is 6.03. The summed E-state index contributed by atoms with van der Waals surface area (Å²) in [5.74, 6) is 0.282. The van der Waals surface area contributed by atoms with Crippen molar-refractivity contribution >= 4 is 11.6 Å². The van der Waals surface area contributed by atoms with Gasteiger partial charge < -0.3 is 10.2 Å². The maximum Gasteiger partial charge on any atom is 0.228 e. The number of carbonyl (C=O) groups is 1. The second kappa shape index (κ2) is 9.17. The molecule has 3 aromatic rings. The molecule has 0 radical (unpaired) electrons. The van der Waals surface area contributed by atoms with Crippen molar-refractivity contribution in [2.45, 2.75) is 32.9 Å². The van der Waals surface area contributed by atoms with Crippen molar-refractivity contribution in [2.24, 2.45) is 11.8 Å². The maximum atomic E-state index is 13.9. The highest BCUT2D eigenvalue weighted by Crippen LogP contribution is 2.36. The lowest BCUT2D eigenvalue weighted by atomic mass is 9.83. The molecule has 0 spiro atoms. The van der Waals surface area contributed by atoms with E-state index in [0.29, 0.717) is 6.54 Å². The smallest absolute Gasteiger partial charge is 0.228 e. The summed E-state index contributed by atoms with van der Waals surface area (Å²) in [4.78, 5) is 16.0. The Balaban J connectivity index is 1.77. The number of carbonyl (C=O) groups excluding carboxylic acids is 1. The van der Waals surface area contributed by atoms with Gasteiger partial charge in [-0.15, -0.1) is 0 Å². The van der Waals surface area contributed by atoms with Gasteiger partial charge in [0.05, 0.1) is 12.0 Å². The first-order valence-corrected chi connectivity index (χ1v) is 10.9. The molecule has 2 atom stereocenters. The van der Waals surface area contributed by atoms with E-state index in [1.807, 2.05) is 24.3 Å². The molecule has 0 bridgehead atoms. The Labute approximate surface area is 179 Å². The van der Waals surface area contributed by atoms with E-state index >= 15 is 0 Å². The van der Waals surface area contributed by atoms with Crippen LogP contribution in [0.25, 0.3) is 0 Å². The molecule has 3 aromatic carbocycles. The van der Waals surface area contributed by atoms with Gasteiger partial charge in [0.2, 0.25) is 5.91 Å². The molecule has 0 aliphatic carbocycles. The summed E-state index contributed by atoms with van der Waals surface area (Å²) in [6.07, 6.45) is 0.841. The van der Waals surface area contributed by atoms with Gasteiger partial charge in [-0.2, -0.15) is 0 Å². The molecule has 0 saturated heterocycles. The van der Waals surface area contributed by atoms with Crippen LogP contribution >= 0.6 is 0 Å². The van der Waals surface area contributed by atoms with Crippen molar-refractivity contribution in [1.82, 2.24) is 4.90 Å². The molecule has 0 saturated carbocycles. The summed E-state index contributed by atoms with van der Waals surface area (Å²) in [5, 5.41) is 3.75. The number of para-hydroxylation sites is 1. The molecule has 30 heavy (non-hydrogen) atoms. The van der Waals surface area contributed by atoms with Gasteiger partial charge in [-0.05, 0) is 35.1 Å². The van der Waals surface area contributed by atoms with Gasteiger partial charge in [0.15, 0.2) is 0 Å². The second-order valence-corrected chi connectivity index (χ2v) is 8.46. The predicted octanol–water partition coefficient (Wildman–Crippen LogP) is 5.70. The molecule has 0 fully saturated rings. The quantitative estimate of drug-likeness (QED) is 0.612. The van der Waals surface area contributed by atoms with E-state index in [1.54, 1.807) is 0 Å². The van der Waals surface area contributed by atoms with Crippen LogP contribution in [0, 0.1) is 11.8 Å². The van der Waals surface area contributed by atoms with Crippen molar-refractivity contribution in [1.29, 1.82) is 0 Å². The molecule has 1 heterocycles. The number of amides is 1. The molecular formula is C27H30N2O. The Hall–Kier alpha value is -3.07. The summed E-state index contributed by atoms with van der Waals surface area (Å²) < 4.78 is 0. The fourth-order valence-corrected chi connectivity index (χ4v) is 4.44. The predicted molar refractivity (Wildman–Crippen MR) is 123 cm³/mol. The maximum absolute atomic E-state index is 13.9. The Morgan fingerprint density at radius 2 is 1.53 bits per heavy atom. The molecule has 1 N–H and O–H groups in total. The second-order valence-electron chi connectivity index (χ2n) is 8.46. The first-order valence-electron chi connectivity index (χ1n) is 10.9. The van der Waals surface area contributed by atoms with Crippen LogP contribution in [0.5, 0.6) is 0 Å². The van der Waals surface area contributed by atoms with Crippen LogP contribution in [0.2, 0.25) is 0 Å². The molecule has 0 unspecified atom stereocenters. The molecule has 1 amide bonds. The van der Waals surface area contributed by atoms with Crippen molar-refractivity contribution < 1.29 is 4.79 Å². The van der Waals surface area contributed by atoms with Gasteiger partial charge in [-0.1, -0.05) is 92.7 Å². The van der Waals surface area contributed by atoms with Gasteiger partial charge in [-0.25, -0.2) is 0 Å². The monoisotopic (exact) mass is 398 g/mol. The fourth-order valence-electron chi connectivity index (χ4n) is 4.44. The first-order chi connectivity index (χ1) is 14.6. The molecule has 4 rings (SSSR count). The normalized spacial score (nSPS) is 19.4. The number of hydrogen-bond acceptors (Lipinski definition) is 2. The molecule has 1 aliphatic heterocycles. The third-order valence-corrected chi connectivity index (χ3v) is 6.03. The van der Waals surface area contributed by atoms with Crippen LogP contribution in [0.1, 0.15) is 36.6 Å². The van der Waals surface area contributed by atoms with Crippen molar-refractivity contribution in [3.63, 3.8) is 0 Å². The Morgan fingerprint density at radius 1 is 0.900 bits per heavy atom. The lowest BCUT2D eigenvalue weighted by molar-refractivity contribution is -0.138. The number of rotatable bonds is 4. The number of nitrogens with one attached hydrogen (secondary N) is 1. The van der Waals surface area contributed by atoms with Crippen LogP contribution in [0.15, 0.2) is 84.9 Å². The van der Waals surface area contributed by atoms with Gasteiger partial charge in [0, 0.05) is 18.8 Å². The highest BCUT2D eigenvalue weighted by Gasteiger charge is 2.36. The summed E-state index contributed by atoms with van der Waals surface area (Å²) in [6.45, 7) is 5.68. The van der Waals surface area contributed by atoms with E-state index in [0.717, 1.165) is 24.2 Å². The van der Waals surface area contributed by atoms with E-state index in [9.17, 15) is 4.79 Å². The minimum Gasteiger partial charge on any atom is -0.377 e. The van der Waals surface area contributed by atoms with E-state index in [2.05, 4.69) is 84.7 Å². The van der Waals surface area contributed by atoms with Gasteiger partial charge in [0.25, 0.3) is 0 Å². The van der Waals surface area contributed by atoms with E-state index in [1.165, 1.54) is 11.1 Å². The van der Waals surface area contributed by atoms with Crippen molar-refractivity contribution in [3.8, 4) is 0 Å². The van der Waals surface area contributed by atoms with Crippen molar-refractivity contribution in [2.75, 3.05) is 11.9 Å². The Kier molecular flexibility index (Phi) is 6.18. The van der Waals surface area contributed by atoms with Gasteiger partial charge in [0.1, 0.15) is 0 Å². The zero-order valence-electron chi connectivity index (χ0n) is 17.8. The molecule has 3 nitrogen and oxygen atoms in total. The Morgan fingerprint density at radius 3 is 2.23 bits per heavy atom. The molecule has 154 valence electrons. The minimum absolute atomic E-state index is 0.0729. The lowest BCUT2D eigenvalue weighted by Gasteiger charge is -2.34. The average Bonchev–Trinajstić information content (AvgIpc) is 2.83. The minimum atomic E-state index is -0.151. The van der Waals surface area contributed by atoms with E-state index in [-0.39, 0.29) is 23.8 Å². The van der Waals surface area contributed by atoms with E-state index < -0.39 is 0 Å². The van der Waals surface area contributed by atoms with E-state index in [4.69, 9.17) is 0 Å². The van der Waals surface area contributed by atoms with Crippen LogP contribution in [-0.2, 0) is 17.8 Å². The standard InChI is InChI=1S/C27H30N2O/c1-20(2)25-26(23-14-7-4-8-15-23)28-24-16-10-9-13-22(24)17-18-29(27(25)30)19-21-11-5-3-6-12-21/h3-16,20,25-26,28H,17-19H2,1-2H3/t25-,26+/m0/s1. The Bertz CT molecular complexity index is 968. The van der Waals surface area contributed by atoms with Crippen LogP contribution in [0.3, 0.4) is 0 Å². The number of anilines is 1. The summed E-state index contributed by atoms with van der Waals surface area (Å²) >= 11 is 0. The number of hydrogen-bond donors (Lipinski definition) is 1. The SMILES string of the molecule is CC(C)[C@@H]1C(=O)N(Cc2ccccc2)CCc2ccccc2N[C@@H]1c1ccccc1. The average molecular weight is 399 g/mol. The van der Waals surface area contributed by atoms with Crippen molar-refractivity contribution in [3.05, 3.63) is 102 Å². The van der Waals surface area contributed by atoms with Gasteiger partial charge >= 0.3 is 0 Å². The highest BCUT2D eigenvalue weighted by molar-refractivity contribution is 5.81. The van der Waals surface area contributed by atoms with Gasteiger partial charge in [-0.3, -0.25) is 4.79 Å². The zero-order chi connectivity index (χ0) is 20.9. The highest BCUT2D eigenvalue weighted by atomic mass is 16.2. The third kappa shape index (κ3) is 4.40. The molecular weight excluding hydrogens is 368 g/mol. The number of fused-ring (bicyclic) bond motifs is 1. The molecule has 1 aliphatic rings. The van der Waals surface area contributed by atoms with Crippen LogP contribution in [-0.4, -0.2) is 17.4 Å². The summed E-state index contributed by atoms with van der Waals surface area (Å²) in [5.41, 5.74) is 4.71. The number of nitrogens with zero attached hydrogens (tertiary/aromatic N) is 1. The van der Waals surface area contributed by atoms with Crippen LogP contribution < -0.4 is 5.32 Å². The topological polar surface area (TPSA) is 32.3 Å². The lowest BCUT2D eigenvalue weighted by Crippen LogP contribution is -2.42. The summed E-state index contributed by atoms with van der Waals surface area (Å²) in [7, 11) is 0. The largest absolute Gasteiger partial charge is 0.377 e. The fraction of sp³-hybridized carbons (Fsp3) is 0.296.